The largest absolute Gasteiger partial charge is 0.0622 e. The summed E-state index contributed by atoms with van der Waals surface area (Å²) in [5.74, 6) is 0. The second-order valence-electron chi connectivity index (χ2n) is 4.34. The van der Waals surface area contributed by atoms with Gasteiger partial charge < -0.3 is 0 Å². The van der Waals surface area contributed by atoms with Gasteiger partial charge in [-0.15, -0.1) is 0 Å². The summed E-state index contributed by atoms with van der Waals surface area (Å²) in [6.45, 7) is 0. The molecule has 3 rings (SSSR count). The molecule has 1 radical (unpaired) electrons. The molecule has 0 saturated heterocycles. The van der Waals surface area contributed by atoms with E-state index in [0.29, 0.717) is 0 Å². The van der Waals surface area contributed by atoms with Gasteiger partial charge in [0.2, 0.25) is 0 Å². The topological polar surface area (TPSA) is 0 Å². The van der Waals surface area contributed by atoms with Crippen LogP contribution in [0.2, 0.25) is 0 Å². The number of benzene rings is 3. The van der Waals surface area contributed by atoms with Gasteiger partial charge in [-0.2, -0.15) is 0 Å². The van der Waals surface area contributed by atoms with E-state index in [2.05, 4.69) is 91.0 Å². The van der Waals surface area contributed by atoms with E-state index in [-0.39, 0.29) is 49.4 Å². The van der Waals surface area contributed by atoms with Crippen LogP contribution in [0.5, 0.6) is 0 Å². The molecule has 0 aliphatic heterocycles. The minimum absolute atomic E-state index is 0. The normalized spacial score (nSPS) is 10.1. The SMILES string of the molecule is [Eu].c1ccc(P(c2ccccc2)c2ccccc2)cc1. The molecule has 0 bridgehead atoms. The summed E-state index contributed by atoms with van der Waals surface area (Å²) in [5.41, 5.74) is 0. The van der Waals surface area contributed by atoms with Gasteiger partial charge in [0.15, 0.2) is 0 Å². The first-order valence-corrected chi connectivity index (χ1v) is 7.74. The molecule has 0 aliphatic carbocycles. The van der Waals surface area contributed by atoms with Crippen LogP contribution in [0.25, 0.3) is 0 Å². The van der Waals surface area contributed by atoms with Crippen LogP contribution >= 0.6 is 7.92 Å². The van der Waals surface area contributed by atoms with Crippen molar-refractivity contribution in [3.8, 4) is 0 Å². The molecule has 0 aromatic heterocycles. The quantitative estimate of drug-likeness (QED) is 0.577. The molecule has 0 nitrogen and oxygen atoms in total. The van der Waals surface area contributed by atoms with Crippen molar-refractivity contribution in [1.82, 2.24) is 0 Å². The molecule has 0 fully saturated rings. The van der Waals surface area contributed by atoms with Crippen molar-refractivity contribution in [3.63, 3.8) is 0 Å². The molecule has 0 heterocycles. The predicted octanol–water partition coefficient (Wildman–Crippen LogP) is 3.44. The Bertz CT molecular complexity index is 529. The number of hydrogen-bond acceptors (Lipinski definition) is 0. The van der Waals surface area contributed by atoms with Crippen LogP contribution in [0.15, 0.2) is 91.0 Å². The molecule has 0 unspecified atom stereocenters. The zero-order chi connectivity index (χ0) is 12.9. The van der Waals surface area contributed by atoms with E-state index in [1.165, 1.54) is 15.9 Å². The zero-order valence-corrected chi connectivity index (χ0v) is 14.3. The fourth-order valence-electron chi connectivity index (χ4n) is 2.18. The van der Waals surface area contributed by atoms with Crippen LogP contribution in [0, 0.1) is 49.4 Å². The Labute approximate surface area is 162 Å². The third-order valence-corrected chi connectivity index (χ3v) is 5.49. The Morgan fingerprint density at radius 2 is 0.650 bits per heavy atom. The van der Waals surface area contributed by atoms with Gasteiger partial charge >= 0.3 is 0 Å². The summed E-state index contributed by atoms with van der Waals surface area (Å²) in [6.07, 6.45) is 0. The van der Waals surface area contributed by atoms with Crippen molar-refractivity contribution >= 4 is 23.8 Å². The van der Waals surface area contributed by atoms with Crippen molar-refractivity contribution in [3.05, 3.63) is 91.0 Å². The van der Waals surface area contributed by atoms with Crippen molar-refractivity contribution < 1.29 is 49.4 Å². The van der Waals surface area contributed by atoms with Gasteiger partial charge in [-0.25, -0.2) is 0 Å². The fourth-order valence-corrected chi connectivity index (χ4v) is 4.48. The molecule has 0 spiro atoms. The average Bonchev–Trinajstić information content (AvgIpc) is 2.51. The third kappa shape index (κ3) is 3.86. The molecule has 3 aromatic rings. The first-order chi connectivity index (χ1) is 9.45. The third-order valence-electron chi connectivity index (χ3n) is 3.04. The summed E-state index contributed by atoms with van der Waals surface area (Å²) in [5, 5.41) is 4.19. The molecule has 20 heavy (non-hydrogen) atoms. The molecule has 0 amide bonds. The molecule has 0 saturated carbocycles. The fraction of sp³-hybridized carbons (Fsp3) is 0. The summed E-state index contributed by atoms with van der Waals surface area (Å²) >= 11 is 0. The number of hydrogen-bond donors (Lipinski definition) is 0. The van der Waals surface area contributed by atoms with Gasteiger partial charge in [0.05, 0.1) is 0 Å². The predicted molar refractivity (Wildman–Crippen MR) is 85.1 cm³/mol. The van der Waals surface area contributed by atoms with E-state index in [1.54, 1.807) is 0 Å². The van der Waals surface area contributed by atoms with Crippen molar-refractivity contribution in [2.24, 2.45) is 0 Å². The molecule has 2 heteroatoms. The smallest absolute Gasteiger partial charge is 0 e. The summed E-state index contributed by atoms with van der Waals surface area (Å²) in [7, 11) is -0.446. The first kappa shape index (κ1) is 16.1. The van der Waals surface area contributed by atoms with E-state index < -0.39 is 7.92 Å². The first-order valence-electron chi connectivity index (χ1n) is 6.40. The molecular weight excluding hydrogens is 399 g/mol. The Morgan fingerprint density at radius 3 is 0.900 bits per heavy atom. The minimum atomic E-state index is -0.446. The summed E-state index contributed by atoms with van der Waals surface area (Å²) in [4.78, 5) is 0. The van der Waals surface area contributed by atoms with E-state index >= 15 is 0 Å². The van der Waals surface area contributed by atoms with Gasteiger partial charge in [0, 0.05) is 49.4 Å². The van der Waals surface area contributed by atoms with Gasteiger partial charge in [-0.1, -0.05) is 91.0 Å². The Morgan fingerprint density at radius 1 is 0.400 bits per heavy atom. The number of rotatable bonds is 3. The van der Waals surface area contributed by atoms with Crippen molar-refractivity contribution in [2.75, 3.05) is 0 Å². The maximum Gasteiger partial charge on any atom is 0 e. The maximum atomic E-state index is 2.23. The van der Waals surface area contributed by atoms with E-state index in [4.69, 9.17) is 0 Å². The molecular formula is C18H15EuP. The van der Waals surface area contributed by atoms with Gasteiger partial charge in [0.1, 0.15) is 0 Å². The van der Waals surface area contributed by atoms with Gasteiger partial charge in [0.25, 0.3) is 0 Å². The Kier molecular flexibility index (Phi) is 6.58. The molecule has 0 atom stereocenters. The van der Waals surface area contributed by atoms with Crippen LogP contribution in [0.1, 0.15) is 0 Å². The monoisotopic (exact) mass is 415 g/mol. The Hall–Kier alpha value is -0.326. The van der Waals surface area contributed by atoms with Crippen LogP contribution < -0.4 is 15.9 Å². The van der Waals surface area contributed by atoms with Crippen LogP contribution in [0.3, 0.4) is 0 Å². The van der Waals surface area contributed by atoms with Gasteiger partial charge in [-0.05, 0) is 23.8 Å². The maximum absolute atomic E-state index is 2.23. The average molecular weight is 414 g/mol. The van der Waals surface area contributed by atoms with Crippen LogP contribution in [0.4, 0.5) is 0 Å². The standard InChI is InChI=1S/C18H15P.Eu/c1-4-10-16(11-5-1)19(17-12-6-2-7-13-17)18-14-8-3-9-15-18;/h1-15H;. The molecule has 3 aromatic carbocycles. The summed E-state index contributed by atoms with van der Waals surface area (Å²) in [6, 6.07) is 32.3. The zero-order valence-electron chi connectivity index (χ0n) is 11.0. The van der Waals surface area contributed by atoms with Gasteiger partial charge in [-0.3, -0.25) is 0 Å². The second kappa shape index (κ2) is 8.20. The molecule has 0 aliphatic rings. The Balaban J connectivity index is 0.00000147. The second-order valence-corrected chi connectivity index (χ2v) is 6.56. The van der Waals surface area contributed by atoms with Crippen LogP contribution in [-0.2, 0) is 0 Å². The van der Waals surface area contributed by atoms with Crippen molar-refractivity contribution in [2.45, 2.75) is 0 Å². The van der Waals surface area contributed by atoms with E-state index in [1.807, 2.05) is 0 Å². The minimum Gasteiger partial charge on any atom is -0.0622 e. The molecule has 0 N–H and O–H groups in total. The van der Waals surface area contributed by atoms with E-state index in [9.17, 15) is 0 Å². The summed E-state index contributed by atoms with van der Waals surface area (Å²) < 4.78 is 0. The van der Waals surface area contributed by atoms with Crippen molar-refractivity contribution in [1.29, 1.82) is 0 Å². The van der Waals surface area contributed by atoms with E-state index in [0.717, 1.165) is 0 Å². The molecule has 99 valence electrons. The van der Waals surface area contributed by atoms with Crippen LogP contribution in [-0.4, -0.2) is 0 Å².